The van der Waals surface area contributed by atoms with Crippen LogP contribution >= 0.6 is 11.6 Å². The second kappa shape index (κ2) is 6.99. The van der Waals surface area contributed by atoms with Crippen molar-refractivity contribution in [3.05, 3.63) is 46.7 Å². The molecule has 0 N–H and O–H groups in total. The molecule has 0 unspecified atom stereocenters. The number of amides is 1. The van der Waals surface area contributed by atoms with Crippen molar-refractivity contribution in [1.29, 1.82) is 0 Å². The maximum absolute atomic E-state index is 12.9. The minimum absolute atomic E-state index is 0.0297. The van der Waals surface area contributed by atoms with Gasteiger partial charge in [-0.1, -0.05) is 17.7 Å². The van der Waals surface area contributed by atoms with Crippen molar-refractivity contribution in [1.82, 2.24) is 9.80 Å². The highest BCUT2D eigenvalue weighted by Crippen LogP contribution is 2.31. The van der Waals surface area contributed by atoms with Gasteiger partial charge >= 0.3 is 0 Å². The average molecular weight is 347 g/mol. The average Bonchev–Trinajstić information content (AvgIpc) is 2.74. The van der Waals surface area contributed by atoms with Crippen LogP contribution in [0, 0.1) is 13.8 Å². The molecule has 1 amide bonds. The molecule has 5 heteroatoms. The number of fused-ring (bicyclic) bond motifs is 1. The van der Waals surface area contributed by atoms with Crippen LogP contribution in [0.5, 0.6) is 0 Å². The van der Waals surface area contributed by atoms with E-state index < -0.39 is 0 Å². The Hall–Kier alpha value is -1.78. The topological polar surface area (TPSA) is 36.7 Å². The Bertz CT molecular complexity index is 781. The Balaban J connectivity index is 1.86. The second-order valence-corrected chi connectivity index (χ2v) is 6.80. The van der Waals surface area contributed by atoms with Gasteiger partial charge in [-0.05, 0) is 38.0 Å². The van der Waals surface area contributed by atoms with Crippen LogP contribution in [0.2, 0.25) is 5.02 Å². The van der Waals surface area contributed by atoms with Gasteiger partial charge in [0.15, 0.2) is 5.76 Å². The van der Waals surface area contributed by atoms with Crippen LogP contribution in [0.15, 0.2) is 29.2 Å². The van der Waals surface area contributed by atoms with Crippen LogP contribution in [0.1, 0.15) is 28.1 Å². The molecule has 2 aromatic rings. The zero-order valence-electron chi connectivity index (χ0n) is 14.3. The highest BCUT2D eigenvalue weighted by Gasteiger charge is 2.25. The fourth-order valence-electron chi connectivity index (χ4n) is 3.23. The van der Waals surface area contributed by atoms with Gasteiger partial charge in [0.25, 0.3) is 5.91 Å². The number of halogens is 1. The molecule has 1 aliphatic heterocycles. The van der Waals surface area contributed by atoms with Gasteiger partial charge in [-0.2, -0.15) is 0 Å². The lowest BCUT2D eigenvalue weighted by Gasteiger charge is -2.20. The largest absolute Gasteiger partial charge is 0.451 e. The molecule has 1 fully saturated rings. The molecule has 0 saturated carbocycles. The van der Waals surface area contributed by atoms with Crippen molar-refractivity contribution in [2.75, 3.05) is 32.7 Å². The van der Waals surface area contributed by atoms with Crippen molar-refractivity contribution >= 4 is 28.5 Å². The van der Waals surface area contributed by atoms with E-state index in [4.69, 9.17) is 16.0 Å². The maximum Gasteiger partial charge on any atom is 0.289 e. The molecule has 1 aromatic heterocycles. The lowest BCUT2D eigenvalue weighted by Crippen LogP contribution is -2.35. The van der Waals surface area contributed by atoms with E-state index in [1.165, 1.54) is 0 Å². The molecule has 0 spiro atoms. The molecule has 1 aliphatic rings. The van der Waals surface area contributed by atoms with Gasteiger partial charge in [-0.25, -0.2) is 0 Å². The van der Waals surface area contributed by atoms with E-state index in [1.54, 1.807) is 0 Å². The standard InChI is InChI=1S/C19H23ClN2O2/c1-4-6-21-7-5-8-22(10-9-21)19(23)18-14(3)15-12-16(20)13(2)11-17(15)24-18/h4,11-12H,1,5-10H2,2-3H3. The number of hydrogen-bond donors (Lipinski definition) is 0. The summed E-state index contributed by atoms with van der Waals surface area (Å²) < 4.78 is 5.89. The third-order valence-corrected chi connectivity index (χ3v) is 5.08. The number of benzene rings is 1. The normalized spacial score (nSPS) is 16.4. The molecule has 0 bridgehead atoms. The Morgan fingerprint density at radius 3 is 2.83 bits per heavy atom. The number of carbonyl (C=O) groups excluding carboxylic acids is 1. The van der Waals surface area contributed by atoms with E-state index in [1.807, 2.05) is 37.0 Å². The van der Waals surface area contributed by atoms with Crippen LogP contribution in [0.25, 0.3) is 11.0 Å². The lowest BCUT2D eigenvalue weighted by atomic mass is 10.1. The number of carbonyl (C=O) groups is 1. The van der Waals surface area contributed by atoms with E-state index >= 15 is 0 Å². The minimum atomic E-state index is -0.0297. The smallest absolute Gasteiger partial charge is 0.289 e. The van der Waals surface area contributed by atoms with Crippen LogP contribution in [0.3, 0.4) is 0 Å². The van der Waals surface area contributed by atoms with E-state index in [0.717, 1.165) is 54.7 Å². The van der Waals surface area contributed by atoms with Crippen molar-refractivity contribution in [3.63, 3.8) is 0 Å². The van der Waals surface area contributed by atoms with E-state index in [9.17, 15) is 4.79 Å². The number of aryl methyl sites for hydroxylation is 2. The monoisotopic (exact) mass is 346 g/mol. The predicted octanol–water partition coefficient (Wildman–Crippen LogP) is 4.04. The summed E-state index contributed by atoms with van der Waals surface area (Å²) in [4.78, 5) is 17.1. The highest BCUT2D eigenvalue weighted by atomic mass is 35.5. The first kappa shape index (κ1) is 17.1. The van der Waals surface area contributed by atoms with Crippen LogP contribution in [-0.2, 0) is 0 Å². The number of rotatable bonds is 3. The fraction of sp³-hybridized carbons (Fsp3) is 0.421. The van der Waals surface area contributed by atoms with Crippen LogP contribution in [-0.4, -0.2) is 48.4 Å². The highest BCUT2D eigenvalue weighted by molar-refractivity contribution is 6.32. The van der Waals surface area contributed by atoms with Gasteiger partial charge in [0.05, 0.1) is 0 Å². The van der Waals surface area contributed by atoms with Gasteiger partial charge in [-0.3, -0.25) is 9.69 Å². The van der Waals surface area contributed by atoms with Crippen molar-refractivity contribution in [2.45, 2.75) is 20.3 Å². The number of nitrogens with zero attached hydrogens (tertiary/aromatic N) is 2. The SMILES string of the molecule is C=CCN1CCCN(C(=O)c2oc3cc(C)c(Cl)cc3c2C)CC1. The first-order chi connectivity index (χ1) is 11.5. The Labute approximate surface area is 147 Å². The molecule has 0 radical (unpaired) electrons. The van der Waals surface area contributed by atoms with E-state index in [0.29, 0.717) is 17.3 Å². The number of furan rings is 1. The molecule has 4 nitrogen and oxygen atoms in total. The van der Waals surface area contributed by atoms with Gasteiger partial charge in [0, 0.05) is 48.7 Å². The van der Waals surface area contributed by atoms with E-state index in [-0.39, 0.29) is 5.91 Å². The zero-order valence-corrected chi connectivity index (χ0v) is 15.0. The summed E-state index contributed by atoms with van der Waals surface area (Å²) in [6, 6.07) is 3.78. The lowest BCUT2D eigenvalue weighted by molar-refractivity contribution is 0.0731. The van der Waals surface area contributed by atoms with E-state index in [2.05, 4.69) is 11.5 Å². The van der Waals surface area contributed by atoms with Crippen LogP contribution in [0.4, 0.5) is 0 Å². The molecule has 1 saturated heterocycles. The fourth-order valence-corrected chi connectivity index (χ4v) is 3.39. The van der Waals surface area contributed by atoms with Gasteiger partial charge in [0.2, 0.25) is 0 Å². The summed E-state index contributed by atoms with van der Waals surface area (Å²) in [5, 5.41) is 1.61. The third-order valence-electron chi connectivity index (χ3n) is 4.67. The Morgan fingerprint density at radius 2 is 2.08 bits per heavy atom. The quantitative estimate of drug-likeness (QED) is 0.787. The molecule has 0 atom stereocenters. The second-order valence-electron chi connectivity index (χ2n) is 6.39. The predicted molar refractivity (Wildman–Crippen MR) is 97.9 cm³/mol. The maximum atomic E-state index is 12.9. The zero-order chi connectivity index (χ0) is 17.3. The number of hydrogen-bond acceptors (Lipinski definition) is 3. The van der Waals surface area contributed by atoms with Crippen molar-refractivity contribution in [3.8, 4) is 0 Å². The summed E-state index contributed by atoms with van der Waals surface area (Å²) in [6.07, 6.45) is 2.87. The molecule has 0 aliphatic carbocycles. The Kier molecular flexibility index (Phi) is 4.97. The summed E-state index contributed by atoms with van der Waals surface area (Å²) in [6.45, 7) is 11.8. The minimum Gasteiger partial charge on any atom is -0.451 e. The third kappa shape index (κ3) is 3.21. The van der Waals surface area contributed by atoms with Crippen LogP contribution < -0.4 is 0 Å². The molecule has 3 rings (SSSR count). The molecular formula is C19H23ClN2O2. The summed E-state index contributed by atoms with van der Waals surface area (Å²) in [5.74, 6) is 0.404. The van der Waals surface area contributed by atoms with Gasteiger partial charge in [-0.15, -0.1) is 6.58 Å². The molecule has 24 heavy (non-hydrogen) atoms. The van der Waals surface area contributed by atoms with Gasteiger partial charge in [0.1, 0.15) is 5.58 Å². The Morgan fingerprint density at radius 1 is 1.29 bits per heavy atom. The molecular weight excluding hydrogens is 324 g/mol. The first-order valence-electron chi connectivity index (χ1n) is 8.33. The van der Waals surface area contributed by atoms with Crippen molar-refractivity contribution < 1.29 is 9.21 Å². The van der Waals surface area contributed by atoms with Crippen molar-refractivity contribution in [2.24, 2.45) is 0 Å². The summed E-state index contributed by atoms with van der Waals surface area (Å²) in [5.41, 5.74) is 2.54. The molecule has 1 aromatic carbocycles. The summed E-state index contributed by atoms with van der Waals surface area (Å²) in [7, 11) is 0. The van der Waals surface area contributed by atoms with Gasteiger partial charge < -0.3 is 9.32 Å². The first-order valence-corrected chi connectivity index (χ1v) is 8.71. The molecule has 128 valence electrons. The summed E-state index contributed by atoms with van der Waals surface area (Å²) >= 11 is 6.21. The molecule has 2 heterocycles.